The van der Waals surface area contributed by atoms with Gasteiger partial charge in [-0.1, -0.05) is 80.9 Å². The summed E-state index contributed by atoms with van der Waals surface area (Å²) in [6.45, 7) is 8.30. The molecule has 3 saturated heterocycles. The van der Waals surface area contributed by atoms with Crippen LogP contribution in [0.4, 0.5) is 0 Å². The van der Waals surface area contributed by atoms with E-state index in [1.165, 1.54) is 12.0 Å². The molecule has 2 aromatic rings. The SMILES string of the molecule is CC(C)CC[C@H]1[C@H]2[C@@H]3CN[C@@]1(C(=O)NCc1ccccc1)C[C@@H]3CN2Cc1ccccc1. The van der Waals surface area contributed by atoms with E-state index in [0.29, 0.717) is 36.3 Å². The van der Waals surface area contributed by atoms with Crippen molar-refractivity contribution < 1.29 is 4.79 Å². The van der Waals surface area contributed by atoms with Crippen LogP contribution in [0.15, 0.2) is 60.7 Å². The number of hydrogen-bond donors (Lipinski definition) is 2. The van der Waals surface area contributed by atoms with Crippen LogP contribution >= 0.6 is 0 Å². The highest BCUT2D eigenvalue weighted by Gasteiger charge is 2.64. The Hall–Kier alpha value is -2.17. The molecule has 0 unspecified atom stereocenters. The second kappa shape index (κ2) is 8.99. The van der Waals surface area contributed by atoms with Crippen molar-refractivity contribution in [2.24, 2.45) is 23.7 Å². The first-order valence-electron chi connectivity index (χ1n) is 12.4. The van der Waals surface area contributed by atoms with Crippen molar-refractivity contribution in [2.45, 2.75) is 57.8 Å². The van der Waals surface area contributed by atoms with Crippen molar-refractivity contribution in [1.82, 2.24) is 15.5 Å². The number of amides is 1. The van der Waals surface area contributed by atoms with Crippen molar-refractivity contribution >= 4 is 5.91 Å². The summed E-state index contributed by atoms with van der Waals surface area (Å²) in [6, 6.07) is 21.6. The molecule has 170 valence electrons. The minimum absolute atomic E-state index is 0.213. The van der Waals surface area contributed by atoms with Gasteiger partial charge in [-0.3, -0.25) is 9.69 Å². The molecule has 2 N–H and O–H groups in total. The minimum Gasteiger partial charge on any atom is -0.350 e. The summed E-state index contributed by atoms with van der Waals surface area (Å²) in [5, 5.41) is 7.10. The van der Waals surface area contributed by atoms with E-state index in [4.69, 9.17) is 0 Å². The molecular weight excluding hydrogens is 394 g/mol. The topological polar surface area (TPSA) is 44.4 Å². The highest BCUT2D eigenvalue weighted by Crippen LogP contribution is 2.53. The number of carbonyl (C=O) groups is 1. The van der Waals surface area contributed by atoms with E-state index in [1.54, 1.807) is 0 Å². The van der Waals surface area contributed by atoms with Crippen LogP contribution in [0, 0.1) is 23.7 Å². The summed E-state index contributed by atoms with van der Waals surface area (Å²) in [4.78, 5) is 16.5. The molecule has 4 heteroatoms. The molecule has 1 saturated carbocycles. The summed E-state index contributed by atoms with van der Waals surface area (Å²) < 4.78 is 0. The van der Waals surface area contributed by atoms with Gasteiger partial charge < -0.3 is 10.6 Å². The second-order valence-electron chi connectivity index (χ2n) is 10.6. The number of fused-ring (bicyclic) bond motifs is 1. The number of hydrogen-bond acceptors (Lipinski definition) is 3. The molecule has 4 nitrogen and oxygen atoms in total. The first-order valence-corrected chi connectivity index (χ1v) is 12.4. The Morgan fingerprint density at radius 3 is 2.47 bits per heavy atom. The number of carbonyl (C=O) groups excluding carboxylic acids is 1. The fraction of sp³-hybridized carbons (Fsp3) is 0.536. The number of likely N-dealkylation sites (tertiary alicyclic amines) is 1. The molecule has 6 rings (SSSR count). The average molecular weight is 432 g/mol. The summed E-state index contributed by atoms with van der Waals surface area (Å²) in [5.74, 6) is 2.51. The third kappa shape index (κ3) is 3.99. The van der Waals surface area contributed by atoms with Crippen LogP contribution < -0.4 is 10.6 Å². The molecule has 0 radical (unpaired) electrons. The zero-order valence-corrected chi connectivity index (χ0v) is 19.5. The van der Waals surface area contributed by atoms with Gasteiger partial charge in [-0.05, 0) is 41.7 Å². The lowest BCUT2D eigenvalue weighted by molar-refractivity contribution is -0.139. The molecule has 32 heavy (non-hydrogen) atoms. The van der Waals surface area contributed by atoms with Gasteiger partial charge >= 0.3 is 0 Å². The zero-order valence-electron chi connectivity index (χ0n) is 19.5. The predicted molar refractivity (Wildman–Crippen MR) is 129 cm³/mol. The summed E-state index contributed by atoms with van der Waals surface area (Å²) in [7, 11) is 0. The van der Waals surface area contributed by atoms with Gasteiger partial charge in [0, 0.05) is 38.1 Å². The Morgan fingerprint density at radius 2 is 1.78 bits per heavy atom. The molecule has 4 fully saturated rings. The van der Waals surface area contributed by atoms with Gasteiger partial charge in [0.2, 0.25) is 5.91 Å². The fourth-order valence-electron chi connectivity index (χ4n) is 6.72. The molecule has 0 spiro atoms. The molecule has 5 atom stereocenters. The molecule has 0 aromatic heterocycles. The normalized spacial score (nSPS) is 31.2. The highest BCUT2D eigenvalue weighted by atomic mass is 16.2. The van der Waals surface area contributed by atoms with E-state index < -0.39 is 5.54 Å². The molecular formula is C28H37N3O. The molecule has 3 aliphatic heterocycles. The molecule has 3 heterocycles. The molecule has 1 amide bonds. The van der Waals surface area contributed by atoms with Crippen LogP contribution in [0.3, 0.4) is 0 Å². The van der Waals surface area contributed by atoms with E-state index in [9.17, 15) is 4.79 Å². The summed E-state index contributed by atoms with van der Waals surface area (Å²) >= 11 is 0. The molecule has 2 aromatic carbocycles. The first-order chi connectivity index (χ1) is 15.6. The third-order valence-corrected chi connectivity index (χ3v) is 8.20. The lowest BCUT2D eigenvalue weighted by atomic mass is 9.58. The Morgan fingerprint density at radius 1 is 1.09 bits per heavy atom. The van der Waals surface area contributed by atoms with Crippen LogP contribution in [-0.2, 0) is 17.9 Å². The number of nitrogens with zero attached hydrogens (tertiary/aromatic N) is 1. The van der Waals surface area contributed by atoms with Crippen LogP contribution in [-0.4, -0.2) is 35.5 Å². The Labute approximate surface area is 192 Å². The maximum Gasteiger partial charge on any atom is 0.240 e. The number of benzene rings is 2. The predicted octanol–water partition coefficient (Wildman–Crippen LogP) is 4.22. The van der Waals surface area contributed by atoms with Crippen LogP contribution in [0.25, 0.3) is 0 Å². The van der Waals surface area contributed by atoms with Gasteiger partial charge in [0.1, 0.15) is 5.54 Å². The van der Waals surface area contributed by atoms with Gasteiger partial charge in [0.25, 0.3) is 0 Å². The minimum atomic E-state index is -0.431. The monoisotopic (exact) mass is 431 g/mol. The Bertz CT molecular complexity index is 915. The van der Waals surface area contributed by atoms with Crippen molar-refractivity contribution in [3.05, 3.63) is 71.8 Å². The number of nitrogens with one attached hydrogen (secondary N) is 2. The highest BCUT2D eigenvalue weighted by molar-refractivity contribution is 5.87. The van der Waals surface area contributed by atoms with Crippen molar-refractivity contribution in [2.75, 3.05) is 13.1 Å². The zero-order chi connectivity index (χ0) is 22.1. The maximum absolute atomic E-state index is 13.8. The average Bonchev–Trinajstić information content (AvgIpc) is 3.10. The molecule has 4 aliphatic rings. The van der Waals surface area contributed by atoms with Crippen LogP contribution in [0.2, 0.25) is 0 Å². The fourth-order valence-corrected chi connectivity index (χ4v) is 6.72. The lowest BCUT2D eigenvalue weighted by Gasteiger charge is -2.56. The maximum atomic E-state index is 13.8. The lowest BCUT2D eigenvalue weighted by Crippen LogP contribution is -2.73. The van der Waals surface area contributed by atoms with Gasteiger partial charge in [-0.15, -0.1) is 0 Å². The summed E-state index contributed by atoms with van der Waals surface area (Å²) in [6.07, 6.45) is 3.26. The van der Waals surface area contributed by atoms with E-state index in [0.717, 1.165) is 38.0 Å². The van der Waals surface area contributed by atoms with Gasteiger partial charge in [-0.25, -0.2) is 0 Å². The third-order valence-electron chi connectivity index (χ3n) is 8.20. The molecule has 1 aliphatic carbocycles. The Kier molecular flexibility index (Phi) is 6.09. The standard InChI is InChI=1S/C28H37N3O/c1-20(2)13-14-25-26-24-17-30-28(25,27(32)29-16-21-9-5-3-6-10-21)15-23(24)19-31(26)18-22-11-7-4-8-12-22/h3-12,20,23-26,30H,13-19H2,1-2H3,(H,29,32)/t23-,24-,25+,26-,28+/m1/s1. The second-order valence-corrected chi connectivity index (χ2v) is 10.6. The van der Waals surface area contributed by atoms with Crippen molar-refractivity contribution in [3.8, 4) is 0 Å². The Balaban J connectivity index is 1.39. The van der Waals surface area contributed by atoms with Gasteiger partial charge in [0.05, 0.1) is 0 Å². The smallest absolute Gasteiger partial charge is 0.240 e. The van der Waals surface area contributed by atoms with Gasteiger partial charge in [0.15, 0.2) is 0 Å². The van der Waals surface area contributed by atoms with Crippen LogP contribution in [0.5, 0.6) is 0 Å². The van der Waals surface area contributed by atoms with Crippen molar-refractivity contribution in [3.63, 3.8) is 0 Å². The van der Waals surface area contributed by atoms with Gasteiger partial charge in [-0.2, -0.15) is 0 Å². The first kappa shape index (κ1) is 21.7. The van der Waals surface area contributed by atoms with E-state index in [1.807, 2.05) is 18.2 Å². The van der Waals surface area contributed by atoms with Crippen LogP contribution in [0.1, 0.15) is 44.2 Å². The number of rotatable bonds is 8. The largest absolute Gasteiger partial charge is 0.350 e. The summed E-state index contributed by atoms with van der Waals surface area (Å²) in [5.41, 5.74) is 2.11. The van der Waals surface area contributed by atoms with E-state index in [-0.39, 0.29) is 5.91 Å². The van der Waals surface area contributed by atoms with E-state index in [2.05, 4.69) is 71.8 Å². The number of piperidine rings is 2. The quantitative estimate of drug-likeness (QED) is 0.658. The molecule has 4 bridgehead atoms. The van der Waals surface area contributed by atoms with E-state index >= 15 is 0 Å². The van der Waals surface area contributed by atoms with Crippen molar-refractivity contribution in [1.29, 1.82) is 0 Å².